The van der Waals surface area contributed by atoms with Crippen molar-refractivity contribution < 1.29 is 9.21 Å². The highest BCUT2D eigenvalue weighted by Gasteiger charge is 2.38. The van der Waals surface area contributed by atoms with E-state index in [9.17, 15) is 4.79 Å². The van der Waals surface area contributed by atoms with Gasteiger partial charge in [0, 0.05) is 30.8 Å². The minimum absolute atomic E-state index is 0.171. The van der Waals surface area contributed by atoms with Crippen LogP contribution in [-0.2, 0) is 6.42 Å². The lowest BCUT2D eigenvalue weighted by atomic mass is 9.99. The molecule has 1 atom stereocenters. The van der Waals surface area contributed by atoms with Gasteiger partial charge in [0.2, 0.25) is 5.76 Å². The van der Waals surface area contributed by atoms with Crippen LogP contribution in [0.4, 0.5) is 0 Å². The molecule has 5 heterocycles. The Hall–Kier alpha value is -3.42. The standard InChI is InChI=1S/C20H18N6O2/c27-20(16-10-21-19(28-16)12-4-5-12)25-8-6-14-17(23-11-22-14)18(25)15-9-13-3-1-2-7-26(13)24-15/h1-3,7,9-12,18H,4-6,8H2,(H,22,23)/t18-/m1/s1. The van der Waals surface area contributed by atoms with E-state index < -0.39 is 0 Å². The molecule has 8 heteroatoms. The number of hydrogen-bond acceptors (Lipinski definition) is 5. The molecule has 1 saturated carbocycles. The summed E-state index contributed by atoms with van der Waals surface area (Å²) in [7, 11) is 0. The predicted octanol–water partition coefficient (Wildman–Crippen LogP) is 2.71. The maximum Gasteiger partial charge on any atom is 0.292 e. The molecule has 0 aromatic carbocycles. The molecule has 0 bridgehead atoms. The van der Waals surface area contributed by atoms with Crippen LogP contribution in [0.2, 0.25) is 0 Å². The Kier molecular flexibility index (Phi) is 3.23. The number of H-pyrrole nitrogens is 1. The third-order valence-corrected chi connectivity index (χ3v) is 5.52. The van der Waals surface area contributed by atoms with Crippen LogP contribution < -0.4 is 0 Å². The maximum atomic E-state index is 13.3. The van der Waals surface area contributed by atoms with Crippen LogP contribution in [-0.4, -0.2) is 41.9 Å². The fourth-order valence-electron chi connectivity index (χ4n) is 3.93. The van der Waals surface area contributed by atoms with E-state index in [1.807, 2.05) is 35.0 Å². The van der Waals surface area contributed by atoms with E-state index in [0.29, 0.717) is 24.8 Å². The number of oxazole rings is 1. The number of pyridine rings is 1. The largest absolute Gasteiger partial charge is 0.435 e. The topological polar surface area (TPSA) is 92.3 Å². The van der Waals surface area contributed by atoms with Gasteiger partial charge in [-0.3, -0.25) is 4.79 Å². The number of aromatic amines is 1. The summed E-state index contributed by atoms with van der Waals surface area (Å²) in [5, 5.41) is 4.71. The van der Waals surface area contributed by atoms with Gasteiger partial charge in [-0.1, -0.05) is 6.07 Å². The smallest absolute Gasteiger partial charge is 0.292 e. The molecule has 0 radical (unpaired) electrons. The van der Waals surface area contributed by atoms with E-state index in [-0.39, 0.29) is 17.7 Å². The average molecular weight is 374 g/mol. The van der Waals surface area contributed by atoms with Crippen LogP contribution in [0.25, 0.3) is 5.52 Å². The number of aromatic nitrogens is 5. The van der Waals surface area contributed by atoms with Crippen molar-refractivity contribution in [3.05, 3.63) is 71.7 Å². The number of carbonyl (C=O) groups is 1. The summed E-state index contributed by atoms with van der Waals surface area (Å²) in [6.45, 7) is 0.562. The second-order valence-corrected chi connectivity index (χ2v) is 7.39. The van der Waals surface area contributed by atoms with E-state index in [1.54, 1.807) is 17.4 Å². The first kappa shape index (κ1) is 15.6. The van der Waals surface area contributed by atoms with E-state index in [0.717, 1.165) is 35.4 Å². The molecule has 1 amide bonds. The molecule has 6 rings (SSSR count). The van der Waals surface area contributed by atoms with Crippen LogP contribution in [0.3, 0.4) is 0 Å². The van der Waals surface area contributed by atoms with Gasteiger partial charge >= 0.3 is 0 Å². The predicted molar refractivity (Wildman–Crippen MR) is 98.8 cm³/mol. The van der Waals surface area contributed by atoms with Gasteiger partial charge in [-0.05, 0) is 31.0 Å². The number of carbonyl (C=O) groups excluding carboxylic acids is 1. The van der Waals surface area contributed by atoms with Crippen molar-refractivity contribution in [2.24, 2.45) is 0 Å². The van der Waals surface area contributed by atoms with Crippen LogP contribution in [0.5, 0.6) is 0 Å². The molecule has 1 aliphatic heterocycles. The summed E-state index contributed by atoms with van der Waals surface area (Å²) in [4.78, 5) is 27.1. The van der Waals surface area contributed by atoms with E-state index >= 15 is 0 Å². The Morgan fingerprint density at radius 1 is 1.25 bits per heavy atom. The Bertz CT molecular complexity index is 1150. The number of rotatable bonds is 3. The van der Waals surface area contributed by atoms with Gasteiger partial charge in [-0.15, -0.1) is 0 Å². The molecular weight excluding hydrogens is 356 g/mol. The molecule has 0 unspecified atom stereocenters. The summed E-state index contributed by atoms with van der Waals surface area (Å²) in [5.41, 5.74) is 3.64. The zero-order valence-corrected chi connectivity index (χ0v) is 15.1. The fraction of sp³-hybridized carbons (Fsp3) is 0.300. The number of nitrogens with one attached hydrogen (secondary N) is 1. The highest BCUT2D eigenvalue weighted by molar-refractivity contribution is 5.92. The first-order valence-corrected chi connectivity index (χ1v) is 9.51. The molecule has 0 saturated heterocycles. The number of imidazole rings is 1. The molecule has 1 fully saturated rings. The Balaban J connectivity index is 1.43. The van der Waals surface area contributed by atoms with E-state index in [4.69, 9.17) is 9.52 Å². The van der Waals surface area contributed by atoms with Crippen molar-refractivity contribution in [2.45, 2.75) is 31.2 Å². The Labute approximate surface area is 160 Å². The van der Waals surface area contributed by atoms with Crippen molar-refractivity contribution in [1.29, 1.82) is 0 Å². The van der Waals surface area contributed by atoms with Gasteiger partial charge < -0.3 is 14.3 Å². The first-order chi connectivity index (χ1) is 13.8. The van der Waals surface area contributed by atoms with E-state index in [1.165, 1.54) is 0 Å². The van der Waals surface area contributed by atoms with Gasteiger partial charge in [0.25, 0.3) is 5.91 Å². The normalized spacial score (nSPS) is 19.1. The molecule has 4 aromatic heterocycles. The van der Waals surface area contributed by atoms with Gasteiger partial charge in [-0.25, -0.2) is 14.5 Å². The van der Waals surface area contributed by atoms with Gasteiger partial charge in [0.1, 0.15) is 6.04 Å². The number of amides is 1. The minimum atomic E-state index is -0.364. The van der Waals surface area contributed by atoms with Crippen LogP contribution in [0.1, 0.15) is 58.3 Å². The molecular formula is C20H18N6O2. The SMILES string of the molecule is O=C(c1cnc(C2CC2)o1)N1CCc2[nH]cnc2[C@H]1c1cc2ccccn2n1. The highest BCUT2D eigenvalue weighted by atomic mass is 16.4. The van der Waals surface area contributed by atoms with Crippen LogP contribution in [0, 0.1) is 0 Å². The average Bonchev–Trinajstić information content (AvgIpc) is 3.14. The lowest BCUT2D eigenvalue weighted by molar-refractivity contribution is 0.0652. The van der Waals surface area contributed by atoms with Gasteiger partial charge in [0.05, 0.1) is 29.4 Å². The second-order valence-electron chi connectivity index (χ2n) is 7.39. The molecule has 140 valence electrons. The van der Waals surface area contributed by atoms with Crippen molar-refractivity contribution in [1.82, 2.24) is 29.5 Å². The molecule has 0 spiro atoms. The summed E-state index contributed by atoms with van der Waals surface area (Å²) < 4.78 is 7.60. The monoisotopic (exact) mass is 374 g/mol. The number of nitrogens with zero attached hydrogens (tertiary/aromatic N) is 5. The third-order valence-electron chi connectivity index (χ3n) is 5.52. The molecule has 28 heavy (non-hydrogen) atoms. The minimum Gasteiger partial charge on any atom is -0.435 e. The zero-order chi connectivity index (χ0) is 18.7. The Morgan fingerprint density at radius 2 is 2.18 bits per heavy atom. The van der Waals surface area contributed by atoms with Crippen molar-refractivity contribution in [3.8, 4) is 0 Å². The third kappa shape index (κ3) is 2.37. The zero-order valence-electron chi connectivity index (χ0n) is 15.1. The first-order valence-electron chi connectivity index (χ1n) is 9.51. The van der Waals surface area contributed by atoms with Gasteiger partial charge in [0.15, 0.2) is 5.89 Å². The summed E-state index contributed by atoms with van der Waals surface area (Å²) in [6.07, 6.45) is 8.01. The molecule has 1 N–H and O–H groups in total. The Morgan fingerprint density at radius 3 is 3.04 bits per heavy atom. The van der Waals surface area contributed by atoms with Crippen LogP contribution in [0.15, 0.2) is 47.4 Å². The second kappa shape index (κ2) is 5.79. The summed E-state index contributed by atoms with van der Waals surface area (Å²) >= 11 is 0. The quantitative estimate of drug-likeness (QED) is 0.595. The molecule has 8 nitrogen and oxygen atoms in total. The lowest BCUT2D eigenvalue weighted by Gasteiger charge is -2.33. The number of fused-ring (bicyclic) bond motifs is 2. The molecule has 1 aliphatic carbocycles. The van der Waals surface area contributed by atoms with Crippen molar-refractivity contribution >= 4 is 11.4 Å². The maximum absolute atomic E-state index is 13.3. The fourth-order valence-corrected chi connectivity index (χ4v) is 3.93. The van der Waals surface area contributed by atoms with E-state index in [2.05, 4.69) is 15.0 Å². The van der Waals surface area contributed by atoms with Gasteiger partial charge in [-0.2, -0.15) is 5.10 Å². The molecule has 4 aromatic rings. The summed E-state index contributed by atoms with van der Waals surface area (Å²) in [5.74, 6) is 1.16. The van der Waals surface area contributed by atoms with Crippen molar-refractivity contribution in [3.63, 3.8) is 0 Å². The highest BCUT2D eigenvalue weighted by Crippen LogP contribution is 2.40. The van der Waals surface area contributed by atoms with Crippen molar-refractivity contribution in [2.75, 3.05) is 6.54 Å². The number of hydrogen-bond donors (Lipinski definition) is 1. The molecule has 2 aliphatic rings. The lowest BCUT2D eigenvalue weighted by Crippen LogP contribution is -2.40. The summed E-state index contributed by atoms with van der Waals surface area (Å²) in [6, 6.07) is 7.54. The van der Waals surface area contributed by atoms with Crippen LogP contribution >= 0.6 is 0 Å².